The number of ketones is 1. The van der Waals surface area contributed by atoms with Crippen LogP contribution in [0.25, 0.3) is 0 Å². The number of hydrogen-bond donors (Lipinski definition) is 0. The van der Waals surface area contributed by atoms with E-state index in [4.69, 9.17) is 16.3 Å². The van der Waals surface area contributed by atoms with Gasteiger partial charge in [0.1, 0.15) is 0 Å². The predicted molar refractivity (Wildman–Crippen MR) is 68.7 cm³/mol. The van der Waals surface area contributed by atoms with Crippen LogP contribution in [0.1, 0.15) is 41.6 Å². The molecule has 0 aromatic heterocycles. The Morgan fingerprint density at radius 1 is 1.53 bits per heavy atom. The van der Waals surface area contributed by atoms with Gasteiger partial charge in [-0.15, -0.1) is 0 Å². The van der Waals surface area contributed by atoms with E-state index in [0.29, 0.717) is 11.4 Å². The van der Waals surface area contributed by atoms with Gasteiger partial charge in [-0.3, -0.25) is 4.79 Å². The molecular formula is C14H17ClO2. The minimum atomic E-state index is 0.167. The van der Waals surface area contributed by atoms with Gasteiger partial charge in [0.15, 0.2) is 5.78 Å². The highest BCUT2D eigenvalue weighted by molar-refractivity contribution is 6.31. The van der Waals surface area contributed by atoms with Crippen LogP contribution in [0.2, 0.25) is 5.02 Å². The molecular weight excluding hydrogens is 236 g/mol. The van der Waals surface area contributed by atoms with E-state index < -0.39 is 0 Å². The summed E-state index contributed by atoms with van der Waals surface area (Å²) < 4.78 is 5.51. The molecule has 2 rings (SSSR count). The maximum atomic E-state index is 12.1. The van der Waals surface area contributed by atoms with Crippen molar-refractivity contribution in [3.05, 3.63) is 34.3 Å². The Balaban J connectivity index is 1.96. The number of carbonyl (C=O) groups is 1. The van der Waals surface area contributed by atoms with Gasteiger partial charge in [-0.1, -0.05) is 17.7 Å². The van der Waals surface area contributed by atoms with E-state index in [1.807, 2.05) is 19.1 Å². The van der Waals surface area contributed by atoms with Crippen molar-refractivity contribution in [3.8, 4) is 0 Å². The van der Waals surface area contributed by atoms with Gasteiger partial charge in [-0.05, 0) is 43.9 Å². The number of Topliss-reactive ketones (excluding diaryl/α,β-unsaturated/α-hetero) is 1. The fourth-order valence-corrected chi connectivity index (χ4v) is 2.37. The van der Waals surface area contributed by atoms with Gasteiger partial charge in [0, 0.05) is 23.6 Å². The molecule has 1 heterocycles. The van der Waals surface area contributed by atoms with Gasteiger partial charge in [0.2, 0.25) is 0 Å². The first-order valence-electron chi connectivity index (χ1n) is 6.08. The van der Waals surface area contributed by atoms with Crippen molar-refractivity contribution in [3.63, 3.8) is 0 Å². The quantitative estimate of drug-likeness (QED) is 0.762. The molecule has 1 aromatic carbocycles. The Kier molecular flexibility index (Phi) is 4.19. The number of ether oxygens (including phenoxy) is 1. The van der Waals surface area contributed by atoms with Crippen molar-refractivity contribution < 1.29 is 9.53 Å². The molecule has 2 nitrogen and oxygen atoms in total. The minimum absolute atomic E-state index is 0.167. The third kappa shape index (κ3) is 3.30. The van der Waals surface area contributed by atoms with Crippen molar-refractivity contribution in [2.24, 2.45) is 0 Å². The Bertz CT molecular complexity index is 409. The average molecular weight is 253 g/mol. The molecule has 92 valence electrons. The normalized spacial score (nSPS) is 19.5. The van der Waals surface area contributed by atoms with Gasteiger partial charge in [0.05, 0.1) is 6.10 Å². The zero-order valence-corrected chi connectivity index (χ0v) is 10.8. The highest BCUT2D eigenvalue weighted by atomic mass is 35.5. The third-order valence-corrected chi connectivity index (χ3v) is 3.45. The maximum Gasteiger partial charge on any atom is 0.163 e. The highest BCUT2D eigenvalue weighted by Crippen LogP contribution is 2.21. The largest absolute Gasteiger partial charge is 0.378 e. The van der Waals surface area contributed by atoms with Crippen LogP contribution in [0.5, 0.6) is 0 Å². The van der Waals surface area contributed by atoms with Crippen LogP contribution in [0, 0.1) is 6.92 Å². The second-order valence-electron chi connectivity index (χ2n) is 4.56. The van der Waals surface area contributed by atoms with Gasteiger partial charge < -0.3 is 4.74 Å². The molecule has 0 N–H and O–H groups in total. The lowest BCUT2D eigenvalue weighted by atomic mass is 9.99. The van der Waals surface area contributed by atoms with Crippen molar-refractivity contribution in [1.82, 2.24) is 0 Å². The van der Waals surface area contributed by atoms with Crippen LogP contribution in [0.4, 0.5) is 0 Å². The lowest BCUT2D eigenvalue weighted by Crippen LogP contribution is -2.09. The summed E-state index contributed by atoms with van der Waals surface area (Å²) in [5.74, 6) is 0.167. The van der Waals surface area contributed by atoms with Gasteiger partial charge in [-0.2, -0.15) is 0 Å². The lowest BCUT2D eigenvalue weighted by Gasteiger charge is -2.09. The Labute approximate surface area is 107 Å². The molecule has 1 saturated heterocycles. The van der Waals surface area contributed by atoms with Crippen LogP contribution in [0.3, 0.4) is 0 Å². The monoisotopic (exact) mass is 252 g/mol. The number of hydrogen-bond acceptors (Lipinski definition) is 2. The topological polar surface area (TPSA) is 26.3 Å². The summed E-state index contributed by atoms with van der Waals surface area (Å²) in [4.78, 5) is 12.1. The summed E-state index contributed by atoms with van der Waals surface area (Å²) in [6.07, 6.45) is 3.85. The second kappa shape index (κ2) is 5.65. The number of carbonyl (C=O) groups excluding carboxylic acids is 1. The van der Waals surface area contributed by atoms with E-state index in [2.05, 4.69) is 0 Å². The number of benzene rings is 1. The molecule has 17 heavy (non-hydrogen) atoms. The third-order valence-electron chi connectivity index (χ3n) is 3.22. The van der Waals surface area contributed by atoms with Crippen LogP contribution in [0.15, 0.2) is 18.2 Å². The maximum absolute atomic E-state index is 12.1. The standard InChI is InChI=1S/C14H17ClO2/c1-10-4-5-11(15)9-13(10)14(16)7-6-12-3-2-8-17-12/h4-5,9,12H,2-3,6-8H2,1H3. The van der Waals surface area contributed by atoms with Crippen LogP contribution in [-0.2, 0) is 4.74 Å². The zero-order chi connectivity index (χ0) is 12.3. The van der Waals surface area contributed by atoms with Gasteiger partial charge in [0.25, 0.3) is 0 Å². The minimum Gasteiger partial charge on any atom is -0.378 e. The van der Waals surface area contributed by atoms with E-state index in [0.717, 1.165) is 37.0 Å². The molecule has 0 spiro atoms. The zero-order valence-electron chi connectivity index (χ0n) is 10.0. The summed E-state index contributed by atoms with van der Waals surface area (Å²) in [6.45, 7) is 2.78. The summed E-state index contributed by atoms with van der Waals surface area (Å²) >= 11 is 5.91. The molecule has 0 saturated carbocycles. The molecule has 1 aromatic rings. The van der Waals surface area contributed by atoms with Crippen LogP contribution >= 0.6 is 11.6 Å². The number of rotatable bonds is 4. The fraction of sp³-hybridized carbons (Fsp3) is 0.500. The first-order valence-corrected chi connectivity index (χ1v) is 6.45. The van der Waals surface area contributed by atoms with Crippen molar-refractivity contribution in [1.29, 1.82) is 0 Å². The second-order valence-corrected chi connectivity index (χ2v) is 4.99. The summed E-state index contributed by atoms with van der Waals surface area (Å²) in [7, 11) is 0. The molecule has 1 unspecified atom stereocenters. The van der Waals surface area contributed by atoms with E-state index in [-0.39, 0.29) is 11.9 Å². The number of halogens is 1. The molecule has 1 atom stereocenters. The van der Waals surface area contributed by atoms with E-state index in [1.165, 1.54) is 0 Å². The fourth-order valence-electron chi connectivity index (χ4n) is 2.19. The summed E-state index contributed by atoms with van der Waals surface area (Å²) in [5, 5.41) is 0.621. The molecule has 0 amide bonds. The molecule has 0 bridgehead atoms. The Hall–Kier alpha value is -0.860. The van der Waals surface area contributed by atoms with Crippen LogP contribution in [-0.4, -0.2) is 18.5 Å². The first kappa shape index (κ1) is 12.6. The molecule has 0 aliphatic carbocycles. The number of aryl methyl sites for hydroxylation is 1. The van der Waals surface area contributed by atoms with Crippen molar-refractivity contribution in [2.45, 2.75) is 38.7 Å². The molecule has 3 heteroatoms. The van der Waals surface area contributed by atoms with Crippen molar-refractivity contribution in [2.75, 3.05) is 6.61 Å². The van der Waals surface area contributed by atoms with Crippen LogP contribution < -0.4 is 0 Å². The first-order chi connectivity index (χ1) is 8.16. The average Bonchev–Trinajstić information content (AvgIpc) is 2.82. The van der Waals surface area contributed by atoms with E-state index >= 15 is 0 Å². The van der Waals surface area contributed by atoms with E-state index in [1.54, 1.807) is 6.07 Å². The van der Waals surface area contributed by atoms with Crippen molar-refractivity contribution >= 4 is 17.4 Å². The van der Waals surface area contributed by atoms with Gasteiger partial charge in [-0.25, -0.2) is 0 Å². The summed E-state index contributed by atoms with van der Waals surface area (Å²) in [5.41, 5.74) is 1.74. The molecule has 1 aliphatic rings. The van der Waals surface area contributed by atoms with E-state index in [9.17, 15) is 4.79 Å². The van der Waals surface area contributed by atoms with Gasteiger partial charge >= 0.3 is 0 Å². The smallest absolute Gasteiger partial charge is 0.163 e. The predicted octanol–water partition coefficient (Wildman–Crippen LogP) is 3.79. The SMILES string of the molecule is Cc1ccc(Cl)cc1C(=O)CCC1CCCO1. The Morgan fingerprint density at radius 2 is 2.35 bits per heavy atom. The molecule has 1 aliphatic heterocycles. The summed E-state index contributed by atoms with van der Waals surface area (Å²) in [6, 6.07) is 5.46. The Morgan fingerprint density at radius 3 is 3.06 bits per heavy atom. The molecule has 0 radical (unpaired) electrons. The lowest BCUT2D eigenvalue weighted by molar-refractivity contribution is 0.0859. The highest BCUT2D eigenvalue weighted by Gasteiger charge is 2.18. The molecule has 1 fully saturated rings.